The minimum Gasteiger partial charge on any atom is -0.504 e. The Balaban J connectivity index is 1.58. The van der Waals surface area contributed by atoms with E-state index in [1.807, 2.05) is 0 Å². The van der Waals surface area contributed by atoms with Gasteiger partial charge in [-0.3, -0.25) is 30.3 Å². The molecule has 0 aliphatic rings. The molecule has 5 N–H and O–H groups in total. The molecule has 0 spiro atoms. The second kappa shape index (κ2) is 13.7. The minimum absolute atomic E-state index is 0.0242. The number of phenols is 1. The van der Waals surface area contributed by atoms with E-state index in [2.05, 4.69) is 31.5 Å². The van der Waals surface area contributed by atoms with E-state index >= 15 is 0 Å². The van der Waals surface area contributed by atoms with Gasteiger partial charge in [0.2, 0.25) is 0 Å². The van der Waals surface area contributed by atoms with Crippen molar-refractivity contribution in [2.45, 2.75) is 0 Å². The number of nitrogens with one attached hydrogen (secondary N) is 4. The average Bonchev–Trinajstić information content (AvgIpc) is 2.99. The first-order valence-corrected chi connectivity index (χ1v) is 13.0. The van der Waals surface area contributed by atoms with Gasteiger partial charge in [0.25, 0.3) is 17.1 Å². The van der Waals surface area contributed by atoms with Crippen LogP contribution in [0.1, 0.15) is 0 Å². The molecule has 0 heterocycles. The Morgan fingerprint density at radius 1 is 0.568 bits per heavy atom. The van der Waals surface area contributed by atoms with E-state index in [1.165, 1.54) is 84.9 Å². The van der Waals surface area contributed by atoms with E-state index in [0.29, 0.717) is 17.1 Å². The lowest BCUT2D eigenvalue weighted by Gasteiger charge is -2.16. The standard InChI is InChI=1S/C26H19N9O7S2/c36-24-22(29-25(43)27-15-1-7-19(8-2-15)33(37)38)13-18(32-31-17-5-11-21(12-6-17)35(41)42)14-23(24)30-26(44)28-16-3-9-20(10-4-16)34(39)40/h1-14,36H,(H2,27,29,43)(H2,28,30,44). The van der Waals surface area contributed by atoms with E-state index in [1.54, 1.807) is 0 Å². The maximum absolute atomic E-state index is 11.0. The molecule has 4 rings (SSSR count). The lowest BCUT2D eigenvalue weighted by Crippen LogP contribution is -2.21. The van der Waals surface area contributed by atoms with E-state index in [0.717, 1.165) is 0 Å². The van der Waals surface area contributed by atoms with Gasteiger partial charge in [-0.25, -0.2) is 0 Å². The Morgan fingerprint density at radius 3 is 1.27 bits per heavy atom. The number of nitrogens with zero attached hydrogens (tertiary/aromatic N) is 5. The molecule has 0 unspecified atom stereocenters. The molecular formula is C26H19N9O7S2. The van der Waals surface area contributed by atoms with Crippen LogP contribution in [0.15, 0.2) is 95.2 Å². The Hall–Kier alpha value is -6.14. The second-order valence-corrected chi connectivity index (χ2v) is 9.45. The van der Waals surface area contributed by atoms with Gasteiger partial charge < -0.3 is 26.4 Å². The first-order chi connectivity index (χ1) is 21.0. The first-order valence-electron chi connectivity index (χ1n) is 12.2. The van der Waals surface area contributed by atoms with Crippen molar-refractivity contribution in [3.8, 4) is 5.75 Å². The van der Waals surface area contributed by atoms with Gasteiger partial charge in [0, 0.05) is 47.8 Å². The van der Waals surface area contributed by atoms with Crippen molar-refractivity contribution in [3.05, 3.63) is 115 Å². The largest absolute Gasteiger partial charge is 0.504 e. The van der Waals surface area contributed by atoms with Crippen LogP contribution >= 0.6 is 24.4 Å². The van der Waals surface area contributed by atoms with Crippen LogP contribution in [0.25, 0.3) is 0 Å². The van der Waals surface area contributed by atoms with Crippen LogP contribution in [-0.4, -0.2) is 30.1 Å². The Morgan fingerprint density at radius 2 is 0.909 bits per heavy atom. The highest BCUT2D eigenvalue weighted by atomic mass is 32.1. The van der Waals surface area contributed by atoms with Gasteiger partial charge in [-0.2, -0.15) is 10.2 Å². The van der Waals surface area contributed by atoms with Crippen molar-refractivity contribution in [3.63, 3.8) is 0 Å². The normalized spacial score (nSPS) is 10.5. The Bertz CT molecular complexity index is 1690. The molecule has 4 aromatic carbocycles. The highest BCUT2D eigenvalue weighted by molar-refractivity contribution is 7.81. The molecule has 0 amide bonds. The van der Waals surface area contributed by atoms with Crippen LogP contribution in [0.2, 0.25) is 0 Å². The van der Waals surface area contributed by atoms with Crippen LogP contribution in [-0.2, 0) is 0 Å². The molecule has 44 heavy (non-hydrogen) atoms. The molecule has 0 atom stereocenters. The maximum atomic E-state index is 11.0. The summed E-state index contributed by atoms with van der Waals surface area (Å²) in [6.45, 7) is 0. The minimum atomic E-state index is -0.544. The maximum Gasteiger partial charge on any atom is 0.269 e. The molecule has 0 aromatic heterocycles. The number of aromatic hydroxyl groups is 1. The molecule has 0 aliphatic carbocycles. The fraction of sp³-hybridized carbons (Fsp3) is 0. The number of rotatable bonds is 9. The number of non-ortho nitro benzene ring substituents is 3. The van der Waals surface area contributed by atoms with E-state index in [-0.39, 0.29) is 50.1 Å². The number of anilines is 4. The molecule has 0 radical (unpaired) electrons. The predicted octanol–water partition coefficient (Wildman–Crippen LogP) is 7.15. The first kappa shape index (κ1) is 30.8. The summed E-state index contributed by atoms with van der Waals surface area (Å²) in [6.07, 6.45) is 0. The van der Waals surface area contributed by atoms with E-state index in [9.17, 15) is 35.4 Å². The van der Waals surface area contributed by atoms with Crippen molar-refractivity contribution in [2.24, 2.45) is 10.2 Å². The smallest absolute Gasteiger partial charge is 0.269 e. The average molecular weight is 634 g/mol. The number of benzene rings is 4. The number of azo groups is 1. The lowest BCUT2D eigenvalue weighted by atomic mass is 10.2. The van der Waals surface area contributed by atoms with Gasteiger partial charge in [0.1, 0.15) is 0 Å². The molecule has 16 nitrogen and oxygen atoms in total. The van der Waals surface area contributed by atoms with Gasteiger partial charge in [-0.05, 0) is 73.0 Å². The molecule has 222 valence electrons. The van der Waals surface area contributed by atoms with Gasteiger partial charge in [-0.1, -0.05) is 0 Å². The lowest BCUT2D eigenvalue weighted by molar-refractivity contribution is -0.385. The molecular weight excluding hydrogens is 614 g/mol. The second-order valence-electron chi connectivity index (χ2n) is 8.63. The monoisotopic (exact) mass is 633 g/mol. The molecule has 0 saturated heterocycles. The number of hydrogen-bond acceptors (Lipinski definition) is 11. The van der Waals surface area contributed by atoms with Gasteiger partial charge in [-0.15, -0.1) is 0 Å². The molecule has 0 aliphatic heterocycles. The van der Waals surface area contributed by atoms with Gasteiger partial charge in [0.15, 0.2) is 16.0 Å². The SMILES string of the molecule is O=[N+]([O-])c1ccc(N=Nc2cc(NC(=S)Nc3ccc([N+](=O)[O-])cc3)c(O)c(NC(=S)Nc3ccc([N+](=O)[O-])cc3)c2)cc1. The van der Waals surface area contributed by atoms with Crippen LogP contribution in [0.5, 0.6) is 5.75 Å². The van der Waals surface area contributed by atoms with Crippen LogP contribution < -0.4 is 21.3 Å². The van der Waals surface area contributed by atoms with Crippen LogP contribution in [0.4, 0.5) is 51.2 Å². The van der Waals surface area contributed by atoms with E-state index < -0.39 is 14.8 Å². The van der Waals surface area contributed by atoms with E-state index in [4.69, 9.17) is 24.4 Å². The summed E-state index contributed by atoms with van der Waals surface area (Å²) in [5, 5.41) is 63.4. The van der Waals surface area contributed by atoms with Crippen LogP contribution in [0, 0.1) is 30.3 Å². The van der Waals surface area contributed by atoms with Crippen molar-refractivity contribution in [2.75, 3.05) is 21.3 Å². The number of nitro groups is 3. The van der Waals surface area contributed by atoms with Crippen molar-refractivity contribution < 1.29 is 19.9 Å². The number of hydrogen-bond donors (Lipinski definition) is 5. The Kier molecular flexibility index (Phi) is 9.58. The quantitative estimate of drug-likeness (QED) is 0.0406. The molecule has 0 saturated carbocycles. The number of nitro benzene ring substituents is 3. The van der Waals surface area contributed by atoms with Crippen molar-refractivity contribution >= 4 is 85.8 Å². The summed E-state index contributed by atoms with van der Waals surface area (Å²) in [5.74, 6) is -0.319. The number of thiocarbonyl (C=S) groups is 2. The topological polar surface area (TPSA) is 222 Å². The third-order valence-corrected chi connectivity index (χ3v) is 6.01. The fourth-order valence-corrected chi connectivity index (χ4v) is 3.98. The van der Waals surface area contributed by atoms with Crippen molar-refractivity contribution in [1.29, 1.82) is 0 Å². The summed E-state index contributed by atoms with van der Waals surface area (Å²) >= 11 is 10.7. The zero-order chi connectivity index (χ0) is 31.8. The summed E-state index contributed by atoms with van der Waals surface area (Å²) in [6, 6.07) is 19.2. The van der Waals surface area contributed by atoms with Crippen molar-refractivity contribution in [1.82, 2.24) is 0 Å². The predicted molar refractivity (Wildman–Crippen MR) is 171 cm³/mol. The molecule has 0 bridgehead atoms. The van der Waals surface area contributed by atoms with Gasteiger partial charge >= 0.3 is 0 Å². The molecule has 4 aromatic rings. The highest BCUT2D eigenvalue weighted by Crippen LogP contribution is 2.38. The summed E-state index contributed by atoms with van der Waals surface area (Å²) < 4.78 is 0. The highest BCUT2D eigenvalue weighted by Gasteiger charge is 2.15. The third-order valence-electron chi connectivity index (χ3n) is 5.60. The summed E-state index contributed by atoms with van der Waals surface area (Å²) in [5.41, 5.74) is 1.23. The zero-order valence-electron chi connectivity index (χ0n) is 22.0. The summed E-state index contributed by atoms with van der Waals surface area (Å²) in [7, 11) is 0. The number of phenolic OH excluding ortho intramolecular Hbond substituents is 1. The third kappa shape index (κ3) is 8.21. The van der Waals surface area contributed by atoms with Crippen LogP contribution in [0.3, 0.4) is 0 Å². The fourth-order valence-electron chi connectivity index (χ4n) is 3.53. The van der Waals surface area contributed by atoms with Gasteiger partial charge in [0.05, 0.1) is 37.5 Å². The molecule has 0 fully saturated rings. The molecule has 18 heteroatoms. The summed E-state index contributed by atoms with van der Waals surface area (Å²) in [4.78, 5) is 31.1. The Labute approximate surface area is 257 Å². The zero-order valence-corrected chi connectivity index (χ0v) is 23.7.